The zero-order chi connectivity index (χ0) is 20.4. The van der Waals surface area contributed by atoms with Crippen molar-refractivity contribution in [2.24, 2.45) is 5.11 Å². The van der Waals surface area contributed by atoms with Crippen LogP contribution in [0.15, 0.2) is 20.9 Å². The van der Waals surface area contributed by atoms with Gasteiger partial charge < -0.3 is 9.47 Å². The average molecular weight is 385 g/mol. The lowest BCUT2D eigenvalue weighted by Crippen LogP contribution is -2.33. The van der Waals surface area contributed by atoms with Crippen LogP contribution in [-0.2, 0) is 9.47 Å². The zero-order valence-electron chi connectivity index (χ0n) is 15.8. The lowest BCUT2D eigenvalue weighted by atomic mass is 10.1. The fourth-order valence-corrected chi connectivity index (χ4v) is 2.93. The quantitative estimate of drug-likeness (QED) is 0.242. The van der Waals surface area contributed by atoms with Gasteiger partial charge >= 0.3 is 5.69 Å². The molecule has 3 atom stereocenters. The highest BCUT2D eigenvalue weighted by Gasteiger charge is 2.36. The van der Waals surface area contributed by atoms with Crippen LogP contribution in [0, 0.1) is 24.2 Å². The molecular weight excluding hydrogens is 362 g/mol. The van der Waals surface area contributed by atoms with Crippen molar-refractivity contribution in [3.63, 3.8) is 0 Å². The third-order valence-electron chi connectivity index (χ3n) is 4.26. The monoisotopic (exact) mass is 385 g/mol. The number of rotatable bonds is 8. The molecular formula is C19H23N5O4. The van der Waals surface area contributed by atoms with Crippen molar-refractivity contribution >= 4 is 0 Å². The van der Waals surface area contributed by atoms with Gasteiger partial charge in [-0.05, 0) is 25.3 Å². The van der Waals surface area contributed by atoms with Gasteiger partial charge in [-0.2, -0.15) is 0 Å². The van der Waals surface area contributed by atoms with Crippen LogP contribution in [0.5, 0.6) is 0 Å². The predicted octanol–water partition coefficient (Wildman–Crippen LogP) is 2.08. The van der Waals surface area contributed by atoms with E-state index >= 15 is 0 Å². The molecule has 1 aromatic rings. The first-order valence-corrected chi connectivity index (χ1v) is 9.16. The number of H-pyrrole nitrogens is 1. The van der Waals surface area contributed by atoms with E-state index in [0.29, 0.717) is 25.9 Å². The Morgan fingerprint density at radius 2 is 2.25 bits per heavy atom. The molecule has 0 bridgehead atoms. The van der Waals surface area contributed by atoms with E-state index < -0.39 is 23.6 Å². The Balaban J connectivity index is 2.18. The van der Waals surface area contributed by atoms with Gasteiger partial charge in [0.25, 0.3) is 5.56 Å². The van der Waals surface area contributed by atoms with E-state index in [1.54, 1.807) is 0 Å². The normalized spacial score (nSPS) is 20.6. The fourth-order valence-electron chi connectivity index (χ4n) is 2.93. The molecule has 0 aromatic carbocycles. The minimum absolute atomic E-state index is 0.0973. The number of hydrogen-bond donors (Lipinski definition) is 1. The molecule has 1 saturated heterocycles. The number of nitrogens with zero attached hydrogens (tertiary/aromatic N) is 4. The maximum Gasteiger partial charge on any atom is 0.330 e. The van der Waals surface area contributed by atoms with Crippen molar-refractivity contribution in [3.05, 3.63) is 43.0 Å². The zero-order valence-corrected chi connectivity index (χ0v) is 15.8. The van der Waals surface area contributed by atoms with Crippen molar-refractivity contribution < 1.29 is 9.47 Å². The van der Waals surface area contributed by atoms with Crippen molar-refractivity contribution in [3.8, 4) is 24.2 Å². The highest BCUT2D eigenvalue weighted by molar-refractivity contribution is 5.29. The Bertz CT molecular complexity index is 927. The summed E-state index contributed by atoms with van der Waals surface area (Å²) in [6, 6.07) is 0. The maximum atomic E-state index is 12.3. The first-order valence-electron chi connectivity index (χ1n) is 9.16. The number of unbranched alkanes of at least 4 members (excludes halogenated alkanes) is 3. The Morgan fingerprint density at radius 3 is 2.96 bits per heavy atom. The summed E-state index contributed by atoms with van der Waals surface area (Å²) in [5.74, 6) is 8.30. The summed E-state index contributed by atoms with van der Waals surface area (Å²) in [6.45, 7) is 2.41. The third kappa shape index (κ3) is 5.77. The number of azide groups is 1. The summed E-state index contributed by atoms with van der Waals surface area (Å²) < 4.78 is 12.8. The van der Waals surface area contributed by atoms with Crippen LogP contribution in [0.4, 0.5) is 0 Å². The molecule has 1 aliphatic heterocycles. The van der Waals surface area contributed by atoms with Gasteiger partial charge in [0.2, 0.25) is 0 Å². The number of aromatic amines is 1. The molecule has 0 spiro atoms. The Morgan fingerprint density at radius 1 is 1.46 bits per heavy atom. The molecule has 9 heteroatoms. The second-order valence-corrected chi connectivity index (χ2v) is 6.19. The largest absolute Gasteiger partial charge is 0.376 e. The van der Waals surface area contributed by atoms with Crippen molar-refractivity contribution in [1.82, 2.24) is 9.55 Å². The van der Waals surface area contributed by atoms with Gasteiger partial charge in [0.1, 0.15) is 11.8 Å². The van der Waals surface area contributed by atoms with Gasteiger partial charge in [-0.25, -0.2) is 4.79 Å². The molecule has 1 aromatic heterocycles. The smallest absolute Gasteiger partial charge is 0.330 e. The molecule has 148 valence electrons. The minimum atomic E-state index is -0.643. The number of ether oxygens (including phenoxy) is 2. The Kier molecular flexibility index (Phi) is 8.38. The van der Waals surface area contributed by atoms with Crippen LogP contribution in [0.25, 0.3) is 10.4 Å². The summed E-state index contributed by atoms with van der Waals surface area (Å²) in [6.07, 6.45) is 8.61. The highest BCUT2D eigenvalue weighted by Crippen LogP contribution is 2.30. The van der Waals surface area contributed by atoms with Crippen molar-refractivity contribution in [2.45, 2.75) is 57.5 Å². The molecule has 2 rings (SSSR count). The molecule has 2 heterocycles. The summed E-state index contributed by atoms with van der Waals surface area (Å²) in [5, 5.41) is 3.54. The standard InChI is InChI=1S/C19H23N5O4/c1-3-5-6-7-8-9-10-14-13-24(19(26)22-18(14)25)17-11-15(27-4-2)16(28-17)12-21-23-20/h1,13,15-17H,4-8,11-12H2,2H3,(H,22,25,26)/t15-,16-,17-/m1/s1. The molecule has 0 amide bonds. The van der Waals surface area contributed by atoms with Gasteiger partial charge in [-0.1, -0.05) is 17.0 Å². The number of terminal acetylenes is 1. The third-order valence-corrected chi connectivity index (χ3v) is 4.26. The number of nitrogens with one attached hydrogen (secondary N) is 1. The summed E-state index contributed by atoms with van der Waals surface area (Å²) >= 11 is 0. The first kappa shape index (κ1) is 21.3. The van der Waals surface area contributed by atoms with E-state index in [2.05, 4.69) is 32.8 Å². The minimum Gasteiger partial charge on any atom is -0.376 e. The fraction of sp³-hybridized carbons (Fsp3) is 0.579. The lowest BCUT2D eigenvalue weighted by molar-refractivity contribution is -0.0317. The van der Waals surface area contributed by atoms with Crippen LogP contribution in [0.2, 0.25) is 0 Å². The number of aromatic nitrogens is 2. The molecule has 1 fully saturated rings. The predicted molar refractivity (Wildman–Crippen MR) is 103 cm³/mol. The molecule has 0 unspecified atom stereocenters. The second-order valence-electron chi connectivity index (χ2n) is 6.19. The van der Waals surface area contributed by atoms with E-state index in [1.807, 2.05) is 6.92 Å². The van der Waals surface area contributed by atoms with Crippen LogP contribution >= 0.6 is 0 Å². The van der Waals surface area contributed by atoms with Crippen LogP contribution in [0.1, 0.15) is 50.8 Å². The van der Waals surface area contributed by atoms with E-state index in [-0.39, 0.29) is 18.2 Å². The molecule has 28 heavy (non-hydrogen) atoms. The van der Waals surface area contributed by atoms with Gasteiger partial charge in [-0.3, -0.25) is 14.3 Å². The second kappa shape index (κ2) is 11.0. The van der Waals surface area contributed by atoms with E-state index in [4.69, 9.17) is 21.4 Å². The molecule has 0 radical (unpaired) electrons. The maximum absolute atomic E-state index is 12.3. The summed E-state index contributed by atoms with van der Waals surface area (Å²) in [4.78, 5) is 29.3. The topological polar surface area (TPSA) is 122 Å². The highest BCUT2D eigenvalue weighted by atomic mass is 16.6. The van der Waals surface area contributed by atoms with E-state index in [9.17, 15) is 9.59 Å². The SMILES string of the molecule is C#CCCCCC#Cc1cn([C@H]2C[C@@H](OCC)[C@@H](CN=[N+]=[N-])O2)c(=O)[nH]c1=O. The molecule has 1 aliphatic rings. The van der Waals surface area contributed by atoms with Crippen molar-refractivity contribution in [2.75, 3.05) is 13.2 Å². The Labute approximate surface area is 162 Å². The number of hydrogen-bond acceptors (Lipinski definition) is 5. The Hall–Kier alpha value is -2.97. The molecule has 0 saturated carbocycles. The molecule has 9 nitrogen and oxygen atoms in total. The van der Waals surface area contributed by atoms with Crippen molar-refractivity contribution in [1.29, 1.82) is 0 Å². The van der Waals surface area contributed by atoms with Gasteiger partial charge in [0.15, 0.2) is 0 Å². The summed E-state index contributed by atoms with van der Waals surface area (Å²) in [5.41, 5.74) is 7.59. The average Bonchev–Trinajstić information content (AvgIpc) is 3.07. The lowest BCUT2D eigenvalue weighted by Gasteiger charge is -2.15. The van der Waals surface area contributed by atoms with Gasteiger partial charge in [-0.15, -0.1) is 12.3 Å². The van der Waals surface area contributed by atoms with Crippen LogP contribution in [-0.4, -0.2) is 34.9 Å². The molecule has 0 aliphatic carbocycles. The van der Waals surface area contributed by atoms with E-state index in [1.165, 1.54) is 10.8 Å². The van der Waals surface area contributed by atoms with Gasteiger partial charge in [0, 0.05) is 37.0 Å². The van der Waals surface area contributed by atoms with Crippen LogP contribution in [0.3, 0.4) is 0 Å². The summed E-state index contributed by atoms with van der Waals surface area (Å²) in [7, 11) is 0. The van der Waals surface area contributed by atoms with Crippen LogP contribution < -0.4 is 11.2 Å². The first-order chi connectivity index (χ1) is 13.6. The van der Waals surface area contributed by atoms with Gasteiger partial charge in [0.05, 0.1) is 18.8 Å². The molecule has 1 N–H and O–H groups in total. The van der Waals surface area contributed by atoms with E-state index in [0.717, 1.165) is 12.8 Å².